The lowest BCUT2D eigenvalue weighted by Gasteiger charge is -2.40. The molecule has 76 valence electrons. The van der Waals surface area contributed by atoms with E-state index in [0.717, 1.165) is 36.0 Å². The van der Waals surface area contributed by atoms with Crippen molar-refractivity contribution in [3.63, 3.8) is 0 Å². The number of rotatable bonds is 1. The summed E-state index contributed by atoms with van der Waals surface area (Å²) >= 11 is 0. The first kappa shape index (κ1) is 7.05. The van der Waals surface area contributed by atoms with E-state index < -0.39 is 0 Å². The number of hydrogen-bond donors (Lipinski definition) is 1. The van der Waals surface area contributed by atoms with Crippen molar-refractivity contribution < 1.29 is 5.11 Å². The zero-order valence-corrected chi connectivity index (χ0v) is 8.65. The summed E-state index contributed by atoms with van der Waals surface area (Å²) in [5.74, 6) is 5.04. The number of hydrogen-bond acceptors (Lipinski definition) is 1. The van der Waals surface area contributed by atoms with Crippen LogP contribution in [0, 0.1) is 35.5 Å². The molecule has 3 saturated carbocycles. The zero-order valence-electron chi connectivity index (χ0n) is 9.65. The second-order valence-corrected chi connectivity index (χ2v) is 6.22. The van der Waals surface area contributed by atoms with Crippen LogP contribution in [-0.2, 0) is 0 Å². The highest BCUT2D eigenvalue weighted by Crippen LogP contribution is 2.67. The van der Waals surface area contributed by atoms with Crippen LogP contribution in [0.5, 0.6) is 0 Å². The van der Waals surface area contributed by atoms with Gasteiger partial charge in [0.25, 0.3) is 0 Å². The molecule has 0 saturated heterocycles. The monoisotopic (exact) mass is 191 g/mol. The van der Waals surface area contributed by atoms with Crippen LogP contribution >= 0.6 is 0 Å². The van der Waals surface area contributed by atoms with Crippen LogP contribution in [0.15, 0.2) is 12.2 Å². The van der Waals surface area contributed by atoms with E-state index >= 15 is 0 Å². The first-order chi connectivity index (χ1) is 7.23. The molecule has 0 heterocycles. The lowest BCUT2D eigenvalue weighted by Crippen LogP contribution is -2.41. The number of aliphatic hydroxyl groups is 1. The lowest BCUT2D eigenvalue weighted by atomic mass is 9.68. The summed E-state index contributed by atoms with van der Waals surface area (Å²) in [7, 11) is 0. The van der Waals surface area contributed by atoms with Gasteiger partial charge in [-0.1, -0.05) is 12.2 Å². The van der Waals surface area contributed by atoms with E-state index in [1.807, 2.05) is 0 Å². The van der Waals surface area contributed by atoms with Crippen molar-refractivity contribution in [3.05, 3.63) is 12.2 Å². The van der Waals surface area contributed by atoms with Gasteiger partial charge in [0, 0.05) is 0 Å². The predicted octanol–water partition coefficient (Wildman–Crippen LogP) is 2.22. The first-order valence-corrected chi connectivity index (χ1v) is 6.05. The minimum Gasteiger partial charge on any atom is -0.390 e. The molecule has 0 amide bonds. The summed E-state index contributed by atoms with van der Waals surface area (Å²) in [5.41, 5.74) is -0.121. The molecule has 1 N–H and O–H groups in total. The fourth-order valence-corrected chi connectivity index (χ4v) is 5.32. The summed E-state index contributed by atoms with van der Waals surface area (Å²) in [5, 5.41) is 5.07. The molecule has 0 aromatic carbocycles. The van der Waals surface area contributed by atoms with Crippen LogP contribution in [0.4, 0.5) is 0 Å². The SMILES string of the molecule is [2H]OC1(C)CC2CC1C1C3C=CC(C3)C21. The van der Waals surface area contributed by atoms with Crippen LogP contribution in [0.2, 0.25) is 0 Å². The van der Waals surface area contributed by atoms with Crippen molar-refractivity contribution in [2.45, 2.75) is 31.8 Å². The Hall–Kier alpha value is -0.300. The Morgan fingerprint density at radius 3 is 2.86 bits per heavy atom. The fraction of sp³-hybridized carbons (Fsp3) is 0.846. The zero-order chi connectivity index (χ0) is 10.2. The van der Waals surface area contributed by atoms with Crippen molar-refractivity contribution in [1.82, 2.24) is 0 Å². The Kier molecular flexibility index (Phi) is 1.06. The molecule has 1 heteroatoms. The van der Waals surface area contributed by atoms with Crippen molar-refractivity contribution in [1.29, 1.82) is 1.43 Å². The summed E-state index contributed by atoms with van der Waals surface area (Å²) in [6, 6.07) is 0. The molecule has 0 aliphatic heterocycles. The topological polar surface area (TPSA) is 20.2 Å². The van der Waals surface area contributed by atoms with E-state index in [9.17, 15) is 0 Å². The molecule has 0 aromatic rings. The highest BCUT2D eigenvalue weighted by Gasteiger charge is 2.64. The van der Waals surface area contributed by atoms with Gasteiger partial charge in [0.05, 0.1) is 5.60 Å². The molecule has 4 aliphatic rings. The van der Waals surface area contributed by atoms with Crippen LogP contribution in [0.1, 0.15) is 26.2 Å². The van der Waals surface area contributed by atoms with Crippen molar-refractivity contribution >= 4 is 0 Å². The van der Waals surface area contributed by atoms with Gasteiger partial charge in [0.2, 0.25) is 1.43 Å². The van der Waals surface area contributed by atoms with Gasteiger partial charge in [-0.2, -0.15) is 0 Å². The van der Waals surface area contributed by atoms with Gasteiger partial charge in [-0.05, 0) is 61.7 Å². The Morgan fingerprint density at radius 2 is 2.07 bits per heavy atom. The minimum atomic E-state index is -0.121. The van der Waals surface area contributed by atoms with E-state index in [1.165, 1.54) is 12.8 Å². The van der Waals surface area contributed by atoms with Gasteiger partial charge in [-0.25, -0.2) is 0 Å². The smallest absolute Gasteiger partial charge is 0.211 e. The van der Waals surface area contributed by atoms with Crippen LogP contribution in [0.3, 0.4) is 0 Å². The third-order valence-electron chi connectivity index (χ3n) is 5.60. The highest BCUT2D eigenvalue weighted by molar-refractivity contribution is 5.22. The number of fused-ring (bicyclic) bond motifs is 9. The number of allylic oxidation sites excluding steroid dienone is 2. The second kappa shape index (κ2) is 2.11. The fourth-order valence-electron chi connectivity index (χ4n) is 5.32. The van der Waals surface area contributed by atoms with E-state index in [0.29, 0.717) is 5.92 Å². The maximum Gasteiger partial charge on any atom is 0.211 e. The molecule has 7 unspecified atom stereocenters. The Labute approximate surface area is 86.7 Å². The molecule has 14 heavy (non-hydrogen) atoms. The Morgan fingerprint density at radius 1 is 1.29 bits per heavy atom. The van der Waals surface area contributed by atoms with Crippen molar-refractivity contribution in [2.75, 3.05) is 0 Å². The van der Waals surface area contributed by atoms with Gasteiger partial charge in [0.1, 0.15) is 0 Å². The Balaban J connectivity index is 1.74. The molecule has 4 bridgehead atoms. The predicted molar refractivity (Wildman–Crippen MR) is 54.6 cm³/mol. The molecular formula is C13H18O. The van der Waals surface area contributed by atoms with Gasteiger partial charge >= 0.3 is 0 Å². The lowest BCUT2D eigenvalue weighted by molar-refractivity contribution is -0.0392. The van der Waals surface area contributed by atoms with Crippen LogP contribution in [0.25, 0.3) is 0 Å². The highest BCUT2D eigenvalue weighted by atomic mass is 16.3. The molecule has 4 aliphatic carbocycles. The quantitative estimate of drug-likeness (QED) is 0.497. The molecule has 0 spiro atoms. The maximum absolute atomic E-state index is 7.32. The molecule has 3 fully saturated rings. The van der Waals surface area contributed by atoms with Gasteiger partial charge in [-0.15, -0.1) is 0 Å². The molecule has 0 aromatic heterocycles. The van der Waals surface area contributed by atoms with E-state index in [1.54, 1.807) is 0 Å². The van der Waals surface area contributed by atoms with Gasteiger partial charge in [0.15, 0.2) is 0 Å². The van der Waals surface area contributed by atoms with Crippen LogP contribution in [-0.4, -0.2) is 12.1 Å². The largest absolute Gasteiger partial charge is 0.390 e. The molecule has 4 rings (SSSR count). The molecule has 1 nitrogen and oxygen atoms in total. The molecule has 7 atom stereocenters. The van der Waals surface area contributed by atoms with E-state index in [-0.39, 0.29) is 5.60 Å². The maximum atomic E-state index is 7.32. The van der Waals surface area contributed by atoms with Crippen LogP contribution < -0.4 is 0 Å². The summed E-state index contributed by atoms with van der Waals surface area (Å²) in [4.78, 5) is 0. The first-order valence-electron chi connectivity index (χ1n) is 6.46. The third kappa shape index (κ3) is 0.701. The third-order valence-corrected chi connectivity index (χ3v) is 5.60. The summed E-state index contributed by atoms with van der Waals surface area (Å²) in [6.07, 6.45) is 8.78. The van der Waals surface area contributed by atoms with Crippen molar-refractivity contribution in [2.24, 2.45) is 35.5 Å². The van der Waals surface area contributed by atoms with Gasteiger partial charge in [-0.3, -0.25) is 0 Å². The summed E-state index contributed by atoms with van der Waals surface area (Å²) in [6.45, 7) is 2.16. The average Bonchev–Trinajstić information content (AvgIpc) is 2.93. The molecule has 0 radical (unpaired) electrons. The second-order valence-electron chi connectivity index (χ2n) is 6.22. The van der Waals surface area contributed by atoms with Crippen molar-refractivity contribution in [3.8, 4) is 0 Å². The Bertz CT molecular complexity index is 339. The minimum absolute atomic E-state index is 0.121. The average molecular weight is 191 g/mol. The van der Waals surface area contributed by atoms with E-state index in [4.69, 9.17) is 6.54 Å². The van der Waals surface area contributed by atoms with Gasteiger partial charge < -0.3 is 5.11 Å². The van der Waals surface area contributed by atoms with E-state index in [2.05, 4.69) is 19.1 Å². The normalized spacial score (nSPS) is 68.8. The standard InChI is InChI=1S/C13H18O/c1-13(14)6-9-5-10(13)12-8-3-2-7(4-8)11(9)12/h2-3,7-12,14H,4-6H2,1H3/i14D. The summed E-state index contributed by atoms with van der Waals surface area (Å²) < 4.78 is 7.32. The molecular weight excluding hydrogens is 172 g/mol.